The third-order valence-corrected chi connectivity index (χ3v) is 1.68. The molecule has 0 aromatic heterocycles. The predicted octanol–water partition coefficient (Wildman–Crippen LogP) is 3.73. The van der Waals surface area contributed by atoms with E-state index in [2.05, 4.69) is 23.8 Å². The average Bonchev–Trinajstić information content (AvgIpc) is 2.21. The van der Waals surface area contributed by atoms with Crippen LogP contribution in [0.3, 0.4) is 0 Å². The molecule has 0 heterocycles. The van der Waals surface area contributed by atoms with Crippen LogP contribution < -0.4 is 0 Å². The molecule has 0 N–H and O–H groups in total. The van der Waals surface area contributed by atoms with Gasteiger partial charge in [-0.05, 0) is 38.8 Å². The summed E-state index contributed by atoms with van der Waals surface area (Å²) in [4.78, 5) is 4.33. The first-order valence-corrected chi connectivity index (χ1v) is 5.11. The molecule has 0 atom stereocenters. The molecule has 0 aromatic carbocycles. The smallest absolute Gasteiger partial charge is 0.0409 e. The van der Waals surface area contributed by atoms with E-state index in [1.807, 2.05) is 38.3 Å². The number of hydrogen-bond donors (Lipinski definition) is 0. The van der Waals surface area contributed by atoms with Crippen LogP contribution in [0.1, 0.15) is 40.0 Å². The van der Waals surface area contributed by atoms with Crippen molar-refractivity contribution >= 4 is 5.71 Å². The van der Waals surface area contributed by atoms with Gasteiger partial charge >= 0.3 is 0 Å². The quantitative estimate of drug-likeness (QED) is 0.461. The van der Waals surface area contributed by atoms with Gasteiger partial charge in [0.2, 0.25) is 0 Å². The van der Waals surface area contributed by atoms with Crippen molar-refractivity contribution in [1.82, 2.24) is 0 Å². The van der Waals surface area contributed by atoms with Crippen molar-refractivity contribution in [2.75, 3.05) is 0 Å². The molecule has 0 aliphatic rings. The molecule has 14 heavy (non-hydrogen) atoms. The fourth-order valence-electron chi connectivity index (χ4n) is 0.940. The summed E-state index contributed by atoms with van der Waals surface area (Å²) in [7, 11) is 0. The normalized spacial score (nSPS) is 12.1. The maximum Gasteiger partial charge on any atom is 0.0409 e. The molecule has 0 spiro atoms. The Bertz CT molecular complexity index is 271. The molecule has 0 radical (unpaired) electrons. The summed E-state index contributed by atoms with van der Waals surface area (Å²) in [5.74, 6) is 5.72. The number of allylic oxidation sites excluding steroid dienone is 3. The van der Waals surface area contributed by atoms with Crippen molar-refractivity contribution in [3.8, 4) is 11.8 Å². The molecule has 0 saturated heterocycles. The lowest BCUT2D eigenvalue weighted by atomic mass is 10.1. The minimum atomic E-state index is 1.03. The largest absolute Gasteiger partial charge is 0.262 e. The van der Waals surface area contributed by atoms with Crippen LogP contribution in [0.25, 0.3) is 0 Å². The van der Waals surface area contributed by atoms with E-state index in [0.29, 0.717) is 0 Å². The SMILES string of the molecule is CC#C\C=C/C(CCCC)=N\C=C/C. The Morgan fingerprint density at radius 3 is 2.79 bits per heavy atom. The van der Waals surface area contributed by atoms with Crippen molar-refractivity contribution in [2.45, 2.75) is 40.0 Å². The maximum atomic E-state index is 4.33. The average molecular weight is 189 g/mol. The van der Waals surface area contributed by atoms with E-state index in [9.17, 15) is 0 Å². The second-order valence-electron chi connectivity index (χ2n) is 2.93. The van der Waals surface area contributed by atoms with E-state index in [1.165, 1.54) is 12.8 Å². The van der Waals surface area contributed by atoms with E-state index in [1.54, 1.807) is 0 Å². The minimum absolute atomic E-state index is 1.03. The van der Waals surface area contributed by atoms with Gasteiger partial charge in [0.1, 0.15) is 0 Å². The highest BCUT2D eigenvalue weighted by Crippen LogP contribution is 1.99. The fourth-order valence-corrected chi connectivity index (χ4v) is 0.940. The minimum Gasteiger partial charge on any atom is -0.262 e. The number of rotatable bonds is 5. The third-order valence-electron chi connectivity index (χ3n) is 1.68. The van der Waals surface area contributed by atoms with Crippen LogP contribution in [0, 0.1) is 11.8 Å². The van der Waals surface area contributed by atoms with E-state index in [-0.39, 0.29) is 0 Å². The van der Waals surface area contributed by atoms with Gasteiger partial charge in [0.25, 0.3) is 0 Å². The number of aliphatic imine (C=N–C) groups is 1. The molecule has 0 bridgehead atoms. The molecule has 76 valence electrons. The first-order valence-electron chi connectivity index (χ1n) is 5.11. The highest BCUT2D eigenvalue weighted by atomic mass is 14.7. The number of nitrogens with zero attached hydrogens (tertiary/aromatic N) is 1. The molecule has 0 saturated carbocycles. The Morgan fingerprint density at radius 2 is 2.21 bits per heavy atom. The zero-order chi connectivity index (χ0) is 10.6. The highest BCUT2D eigenvalue weighted by Gasteiger charge is 1.91. The highest BCUT2D eigenvalue weighted by molar-refractivity contribution is 5.95. The Balaban J connectivity index is 4.28. The van der Waals surface area contributed by atoms with Crippen LogP contribution in [-0.4, -0.2) is 5.71 Å². The summed E-state index contributed by atoms with van der Waals surface area (Å²) in [6.45, 7) is 5.98. The van der Waals surface area contributed by atoms with E-state index in [0.717, 1.165) is 12.1 Å². The van der Waals surface area contributed by atoms with Crippen molar-refractivity contribution in [1.29, 1.82) is 0 Å². The standard InChI is InChI=1S/C13H19N/c1-4-7-9-11-13(10-8-5-2)14-12-6-3/h6,9,11-12H,5,8,10H2,1-3H3/b11-9-,12-6-,14-13-. The fraction of sp³-hybridized carbons (Fsp3) is 0.462. The zero-order valence-corrected chi connectivity index (χ0v) is 9.38. The van der Waals surface area contributed by atoms with Gasteiger partial charge in [-0.3, -0.25) is 4.99 Å². The van der Waals surface area contributed by atoms with Crippen LogP contribution in [0.15, 0.2) is 29.4 Å². The van der Waals surface area contributed by atoms with Gasteiger partial charge in [-0.25, -0.2) is 0 Å². The van der Waals surface area contributed by atoms with Gasteiger partial charge in [-0.2, -0.15) is 0 Å². The van der Waals surface area contributed by atoms with Crippen molar-refractivity contribution < 1.29 is 0 Å². The van der Waals surface area contributed by atoms with Crippen LogP contribution in [0.5, 0.6) is 0 Å². The molecule has 0 amide bonds. The van der Waals surface area contributed by atoms with E-state index in [4.69, 9.17) is 0 Å². The number of unbranched alkanes of at least 4 members (excludes halogenated alkanes) is 1. The van der Waals surface area contributed by atoms with Crippen molar-refractivity contribution in [3.05, 3.63) is 24.4 Å². The Kier molecular flexibility index (Phi) is 8.89. The molecule has 1 heteroatoms. The van der Waals surface area contributed by atoms with Crippen molar-refractivity contribution in [2.24, 2.45) is 4.99 Å². The lowest BCUT2D eigenvalue weighted by Crippen LogP contribution is -1.92. The Labute approximate surface area is 87.6 Å². The van der Waals surface area contributed by atoms with Gasteiger partial charge in [0, 0.05) is 11.9 Å². The zero-order valence-electron chi connectivity index (χ0n) is 9.38. The molecule has 0 rings (SSSR count). The molecule has 0 aromatic rings. The molecule has 0 unspecified atom stereocenters. The predicted molar refractivity (Wildman–Crippen MR) is 64.4 cm³/mol. The van der Waals surface area contributed by atoms with Gasteiger partial charge in [0.05, 0.1) is 0 Å². The van der Waals surface area contributed by atoms with Crippen LogP contribution in [-0.2, 0) is 0 Å². The van der Waals surface area contributed by atoms with Crippen molar-refractivity contribution in [3.63, 3.8) is 0 Å². The lowest BCUT2D eigenvalue weighted by molar-refractivity contribution is 0.836. The van der Waals surface area contributed by atoms with Gasteiger partial charge in [0.15, 0.2) is 0 Å². The molecule has 1 nitrogen and oxygen atoms in total. The first-order chi connectivity index (χ1) is 6.85. The van der Waals surface area contributed by atoms with Gasteiger partial charge < -0.3 is 0 Å². The maximum absolute atomic E-state index is 4.33. The number of hydrogen-bond acceptors (Lipinski definition) is 1. The van der Waals surface area contributed by atoms with Crippen LogP contribution in [0.4, 0.5) is 0 Å². The molecular weight excluding hydrogens is 170 g/mol. The van der Waals surface area contributed by atoms with E-state index < -0.39 is 0 Å². The lowest BCUT2D eigenvalue weighted by Gasteiger charge is -1.96. The van der Waals surface area contributed by atoms with Gasteiger partial charge in [-0.1, -0.05) is 25.3 Å². The summed E-state index contributed by atoms with van der Waals surface area (Å²) in [5.41, 5.74) is 1.10. The summed E-state index contributed by atoms with van der Waals surface area (Å²) in [5, 5.41) is 0. The second kappa shape index (κ2) is 9.80. The molecule has 0 aliphatic heterocycles. The Morgan fingerprint density at radius 1 is 1.43 bits per heavy atom. The monoisotopic (exact) mass is 189 g/mol. The Hall–Kier alpha value is -1.29. The summed E-state index contributed by atoms with van der Waals surface area (Å²) >= 11 is 0. The summed E-state index contributed by atoms with van der Waals surface area (Å²) in [6.07, 6.45) is 11.0. The van der Waals surface area contributed by atoms with Crippen LogP contribution >= 0.6 is 0 Å². The molecule has 0 aliphatic carbocycles. The summed E-state index contributed by atoms with van der Waals surface area (Å²) < 4.78 is 0. The molecular formula is C13H19N. The van der Waals surface area contributed by atoms with Gasteiger partial charge in [-0.15, -0.1) is 5.92 Å². The van der Waals surface area contributed by atoms with E-state index >= 15 is 0 Å². The topological polar surface area (TPSA) is 12.4 Å². The molecule has 0 fully saturated rings. The first kappa shape index (κ1) is 12.7. The second-order valence-corrected chi connectivity index (χ2v) is 2.93. The third kappa shape index (κ3) is 7.36. The summed E-state index contributed by atoms with van der Waals surface area (Å²) in [6, 6.07) is 0. The van der Waals surface area contributed by atoms with Crippen LogP contribution in [0.2, 0.25) is 0 Å².